The van der Waals surface area contributed by atoms with E-state index in [0.717, 1.165) is 5.69 Å². The first-order valence-electron chi connectivity index (χ1n) is 4.53. The number of hydrogen-bond donors (Lipinski definition) is 3. The summed E-state index contributed by atoms with van der Waals surface area (Å²) in [6.45, 7) is 0. The third kappa shape index (κ3) is 2.77. The molecule has 82 valence electrons. The summed E-state index contributed by atoms with van der Waals surface area (Å²) < 4.78 is 0. The number of aromatic hydroxyl groups is 1. The van der Waals surface area contributed by atoms with E-state index in [-0.39, 0.29) is 11.8 Å². The number of nitrogens with zero attached hydrogens (tertiary/aromatic N) is 1. The second-order valence-electron chi connectivity index (χ2n) is 3.31. The quantitative estimate of drug-likeness (QED) is 0.647. The molecule has 0 fully saturated rings. The van der Waals surface area contributed by atoms with Crippen LogP contribution in [0.2, 0.25) is 0 Å². The predicted octanol–water partition coefficient (Wildman–Crippen LogP) is 1.53. The Labute approximate surface area is 88.7 Å². The van der Waals surface area contributed by atoms with Gasteiger partial charge in [0, 0.05) is 32.9 Å². The fourth-order valence-electron chi connectivity index (χ4n) is 1.02. The predicted molar refractivity (Wildman–Crippen MR) is 60.4 cm³/mol. The third-order valence-electron chi connectivity index (χ3n) is 1.93. The molecule has 0 aliphatic rings. The van der Waals surface area contributed by atoms with Gasteiger partial charge in [-0.2, -0.15) is 0 Å². The van der Waals surface area contributed by atoms with Gasteiger partial charge in [0.1, 0.15) is 5.75 Å². The van der Waals surface area contributed by atoms with Crippen LogP contribution in [-0.4, -0.2) is 37.2 Å². The van der Waals surface area contributed by atoms with Gasteiger partial charge in [0.25, 0.3) is 0 Å². The van der Waals surface area contributed by atoms with Gasteiger partial charge < -0.3 is 20.6 Å². The van der Waals surface area contributed by atoms with Gasteiger partial charge in [-0.05, 0) is 12.1 Å². The minimum atomic E-state index is -0.275. The lowest BCUT2D eigenvalue weighted by Gasteiger charge is -2.13. The number of rotatable bonds is 2. The highest BCUT2D eigenvalue weighted by molar-refractivity contribution is 5.90. The maximum Gasteiger partial charge on any atom is 0.321 e. The zero-order valence-electron chi connectivity index (χ0n) is 9.03. The van der Waals surface area contributed by atoms with Gasteiger partial charge in [0.05, 0.1) is 5.69 Å². The lowest BCUT2D eigenvalue weighted by Crippen LogP contribution is -2.27. The maximum absolute atomic E-state index is 11.3. The Morgan fingerprint density at radius 2 is 2.07 bits per heavy atom. The highest BCUT2D eigenvalue weighted by atomic mass is 16.3. The Hall–Kier alpha value is -1.91. The lowest BCUT2D eigenvalue weighted by atomic mass is 10.2. The molecule has 0 atom stereocenters. The van der Waals surface area contributed by atoms with E-state index in [1.54, 1.807) is 39.3 Å². The van der Waals surface area contributed by atoms with Gasteiger partial charge in [-0.1, -0.05) is 0 Å². The van der Waals surface area contributed by atoms with E-state index in [2.05, 4.69) is 10.6 Å². The van der Waals surface area contributed by atoms with E-state index >= 15 is 0 Å². The molecule has 0 heterocycles. The second kappa shape index (κ2) is 4.54. The van der Waals surface area contributed by atoms with Crippen LogP contribution in [-0.2, 0) is 0 Å². The van der Waals surface area contributed by atoms with Gasteiger partial charge in [-0.25, -0.2) is 4.79 Å². The number of anilines is 2. The second-order valence-corrected chi connectivity index (χ2v) is 3.31. The zero-order valence-corrected chi connectivity index (χ0v) is 9.03. The van der Waals surface area contributed by atoms with E-state index < -0.39 is 0 Å². The van der Waals surface area contributed by atoms with Crippen LogP contribution in [0.3, 0.4) is 0 Å². The molecule has 0 unspecified atom stereocenters. The first-order chi connectivity index (χ1) is 7.04. The van der Waals surface area contributed by atoms with Crippen molar-refractivity contribution in [1.29, 1.82) is 0 Å². The molecule has 0 saturated heterocycles. The van der Waals surface area contributed by atoms with E-state index in [0.29, 0.717) is 5.69 Å². The van der Waals surface area contributed by atoms with Crippen LogP contribution in [0.5, 0.6) is 5.75 Å². The molecule has 0 bridgehead atoms. The van der Waals surface area contributed by atoms with Crippen molar-refractivity contribution in [3.63, 3.8) is 0 Å². The van der Waals surface area contributed by atoms with Gasteiger partial charge in [-0.15, -0.1) is 0 Å². The number of urea groups is 1. The molecular formula is C10H15N3O2. The Morgan fingerprint density at radius 1 is 1.40 bits per heavy atom. The van der Waals surface area contributed by atoms with Crippen molar-refractivity contribution in [1.82, 2.24) is 4.90 Å². The van der Waals surface area contributed by atoms with Crippen molar-refractivity contribution in [2.45, 2.75) is 0 Å². The van der Waals surface area contributed by atoms with Crippen LogP contribution in [0, 0.1) is 0 Å². The first-order valence-corrected chi connectivity index (χ1v) is 4.53. The summed E-state index contributed by atoms with van der Waals surface area (Å²) in [4.78, 5) is 12.7. The van der Waals surface area contributed by atoms with Crippen molar-refractivity contribution in [2.75, 3.05) is 31.8 Å². The van der Waals surface area contributed by atoms with Gasteiger partial charge in [0.15, 0.2) is 0 Å². The Balaban J connectivity index is 2.83. The standard InChI is InChI=1S/C10H15N3O2/c1-11-7-4-5-8(9(14)6-7)12-10(15)13(2)3/h4-6,11,14H,1-3H3,(H,12,15). The van der Waals surface area contributed by atoms with Crippen LogP contribution >= 0.6 is 0 Å². The normalized spacial score (nSPS) is 9.53. The summed E-state index contributed by atoms with van der Waals surface area (Å²) in [6, 6.07) is 4.68. The van der Waals surface area contributed by atoms with Gasteiger partial charge in [-0.3, -0.25) is 0 Å². The van der Waals surface area contributed by atoms with E-state index in [1.807, 2.05) is 0 Å². The number of hydrogen-bond acceptors (Lipinski definition) is 3. The smallest absolute Gasteiger partial charge is 0.321 e. The number of phenols is 1. The van der Waals surface area contributed by atoms with Gasteiger partial charge in [0.2, 0.25) is 0 Å². The number of carbonyl (C=O) groups is 1. The molecular weight excluding hydrogens is 194 g/mol. The zero-order chi connectivity index (χ0) is 11.4. The van der Waals surface area contributed by atoms with Crippen LogP contribution in [0.1, 0.15) is 0 Å². The highest BCUT2D eigenvalue weighted by Crippen LogP contribution is 2.26. The van der Waals surface area contributed by atoms with Crippen molar-refractivity contribution >= 4 is 17.4 Å². The fourth-order valence-corrected chi connectivity index (χ4v) is 1.02. The molecule has 5 heteroatoms. The fraction of sp³-hybridized carbons (Fsp3) is 0.300. The Kier molecular flexibility index (Phi) is 3.38. The third-order valence-corrected chi connectivity index (χ3v) is 1.93. The molecule has 5 nitrogen and oxygen atoms in total. The van der Waals surface area contributed by atoms with Crippen LogP contribution in [0.15, 0.2) is 18.2 Å². The lowest BCUT2D eigenvalue weighted by molar-refractivity contribution is 0.230. The van der Waals surface area contributed by atoms with Crippen molar-refractivity contribution in [3.8, 4) is 5.75 Å². The van der Waals surface area contributed by atoms with Crippen molar-refractivity contribution < 1.29 is 9.90 Å². The Morgan fingerprint density at radius 3 is 2.53 bits per heavy atom. The van der Waals surface area contributed by atoms with Crippen LogP contribution in [0.25, 0.3) is 0 Å². The first kappa shape index (κ1) is 11.2. The molecule has 1 aromatic rings. The molecule has 0 saturated carbocycles. The summed E-state index contributed by atoms with van der Waals surface area (Å²) in [5.41, 5.74) is 1.18. The van der Waals surface area contributed by atoms with Crippen LogP contribution < -0.4 is 10.6 Å². The van der Waals surface area contributed by atoms with Crippen molar-refractivity contribution in [2.24, 2.45) is 0 Å². The summed E-state index contributed by atoms with van der Waals surface area (Å²) in [5.74, 6) is 0.0389. The number of carbonyl (C=O) groups excluding carboxylic acids is 1. The highest BCUT2D eigenvalue weighted by Gasteiger charge is 2.07. The number of amides is 2. The number of nitrogens with one attached hydrogen (secondary N) is 2. The summed E-state index contributed by atoms with van der Waals surface area (Å²) in [5, 5.41) is 15.0. The summed E-state index contributed by atoms with van der Waals surface area (Å²) >= 11 is 0. The molecule has 2 amide bonds. The molecule has 1 aromatic carbocycles. The van der Waals surface area contributed by atoms with E-state index in [4.69, 9.17) is 0 Å². The summed E-state index contributed by atoms with van der Waals surface area (Å²) in [7, 11) is 5.02. The Bertz CT molecular complexity index is 364. The minimum Gasteiger partial charge on any atom is -0.506 e. The maximum atomic E-state index is 11.3. The molecule has 0 radical (unpaired) electrons. The molecule has 0 aliphatic carbocycles. The van der Waals surface area contributed by atoms with E-state index in [9.17, 15) is 9.90 Å². The molecule has 0 aromatic heterocycles. The molecule has 0 spiro atoms. The number of phenolic OH excluding ortho intramolecular Hbond substituents is 1. The minimum absolute atomic E-state index is 0.0389. The SMILES string of the molecule is CNc1ccc(NC(=O)N(C)C)c(O)c1. The molecule has 0 aliphatic heterocycles. The molecule has 15 heavy (non-hydrogen) atoms. The largest absolute Gasteiger partial charge is 0.506 e. The topological polar surface area (TPSA) is 64.6 Å². The molecule has 3 N–H and O–H groups in total. The van der Waals surface area contributed by atoms with Crippen molar-refractivity contribution in [3.05, 3.63) is 18.2 Å². The van der Waals surface area contributed by atoms with Gasteiger partial charge >= 0.3 is 6.03 Å². The monoisotopic (exact) mass is 209 g/mol. The average molecular weight is 209 g/mol. The summed E-state index contributed by atoms with van der Waals surface area (Å²) in [6.07, 6.45) is 0. The number of benzene rings is 1. The average Bonchev–Trinajstić information content (AvgIpc) is 2.20. The molecule has 1 rings (SSSR count). The van der Waals surface area contributed by atoms with E-state index in [1.165, 1.54) is 4.90 Å². The van der Waals surface area contributed by atoms with Crippen LogP contribution in [0.4, 0.5) is 16.2 Å².